The van der Waals surface area contributed by atoms with Crippen molar-refractivity contribution in [2.45, 2.75) is 0 Å². The van der Waals surface area contributed by atoms with Gasteiger partial charge in [0, 0.05) is 6.20 Å². The third-order valence-corrected chi connectivity index (χ3v) is 1.44. The van der Waals surface area contributed by atoms with E-state index in [0.29, 0.717) is 11.8 Å². The lowest BCUT2D eigenvalue weighted by Gasteiger charge is -1.98. The average molecular weight is 161 g/mol. The van der Waals surface area contributed by atoms with Gasteiger partial charge in [0.2, 0.25) is 5.95 Å². The molecule has 0 fully saturated rings. The van der Waals surface area contributed by atoms with Gasteiger partial charge in [0.05, 0.1) is 0 Å². The molecule has 12 heavy (non-hydrogen) atoms. The Bertz CT molecular complexity index is 366. The Kier molecular flexibility index (Phi) is 1.48. The fourth-order valence-electron chi connectivity index (χ4n) is 0.906. The van der Waals surface area contributed by atoms with Gasteiger partial charge in [-0.3, -0.25) is 0 Å². The lowest BCUT2D eigenvalue weighted by atomic mass is 10.5. The Morgan fingerprint density at radius 3 is 2.75 bits per heavy atom. The molecule has 2 rings (SSSR count). The van der Waals surface area contributed by atoms with Crippen LogP contribution in [-0.4, -0.2) is 19.7 Å². The Morgan fingerprint density at radius 1 is 1.25 bits per heavy atom. The normalized spacial score (nSPS) is 10.0. The van der Waals surface area contributed by atoms with E-state index in [1.807, 2.05) is 18.2 Å². The number of rotatable bonds is 1. The number of nitrogens with two attached hydrogens (primary N) is 1. The molecule has 0 aliphatic carbocycles. The van der Waals surface area contributed by atoms with Gasteiger partial charge in [-0.05, 0) is 12.1 Å². The molecular weight excluding hydrogens is 154 g/mol. The second kappa shape index (κ2) is 2.61. The summed E-state index contributed by atoms with van der Waals surface area (Å²) in [6, 6.07) is 5.51. The molecule has 0 aromatic carbocycles. The van der Waals surface area contributed by atoms with Crippen LogP contribution in [0.3, 0.4) is 0 Å². The highest BCUT2D eigenvalue weighted by atomic mass is 15.4. The van der Waals surface area contributed by atoms with Crippen LogP contribution in [0.2, 0.25) is 0 Å². The Labute approximate surface area is 68.9 Å². The molecule has 0 saturated heterocycles. The zero-order valence-corrected chi connectivity index (χ0v) is 6.25. The summed E-state index contributed by atoms with van der Waals surface area (Å²) in [4.78, 5) is 7.85. The first-order chi connectivity index (χ1) is 5.88. The average Bonchev–Trinajstić information content (AvgIpc) is 2.53. The van der Waals surface area contributed by atoms with Crippen LogP contribution in [0.5, 0.6) is 0 Å². The predicted molar refractivity (Wildman–Crippen MR) is 43.6 cm³/mol. The maximum atomic E-state index is 5.52. The number of nitrogens with zero attached hydrogens (tertiary/aromatic N) is 4. The summed E-state index contributed by atoms with van der Waals surface area (Å²) in [5.41, 5.74) is 5.52. The van der Waals surface area contributed by atoms with Gasteiger partial charge in [0.1, 0.15) is 6.33 Å². The molecule has 0 aliphatic rings. The summed E-state index contributed by atoms with van der Waals surface area (Å²) >= 11 is 0. The molecule has 60 valence electrons. The van der Waals surface area contributed by atoms with Crippen LogP contribution < -0.4 is 5.73 Å². The van der Waals surface area contributed by atoms with E-state index in [0.717, 1.165) is 0 Å². The maximum Gasteiger partial charge on any atom is 0.224 e. The molecule has 0 aliphatic heterocycles. The van der Waals surface area contributed by atoms with Crippen LogP contribution in [0, 0.1) is 0 Å². The van der Waals surface area contributed by atoms with Gasteiger partial charge >= 0.3 is 0 Å². The Hall–Kier alpha value is -1.91. The molecule has 0 bridgehead atoms. The Morgan fingerprint density at radius 2 is 2.17 bits per heavy atom. The third kappa shape index (κ3) is 1.01. The molecule has 0 unspecified atom stereocenters. The van der Waals surface area contributed by atoms with Gasteiger partial charge in [-0.15, -0.1) is 0 Å². The molecule has 5 nitrogen and oxygen atoms in total. The summed E-state index contributed by atoms with van der Waals surface area (Å²) in [7, 11) is 0. The molecule has 2 N–H and O–H groups in total. The number of aromatic nitrogens is 4. The predicted octanol–water partition coefficient (Wildman–Crippen LogP) is 0.244. The van der Waals surface area contributed by atoms with Crippen molar-refractivity contribution in [2.75, 3.05) is 5.73 Å². The SMILES string of the molecule is Nc1ncnn1-c1ccccn1. The molecule has 2 heterocycles. The lowest BCUT2D eigenvalue weighted by molar-refractivity contribution is 0.856. The number of hydrogen-bond acceptors (Lipinski definition) is 4. The molecule has 0 amide bonds. The van der Waals surface area contributed by atoms with Gasteiger partial charge in [-0.2, -0.15) is 14.8 Å². The smallest absolute Gasteiger partial charge is 0.224 e. The topological polar surface area (TPSA) is 69.6 Å². The highest BCUT2D eigenvalue weighted by Gasteiger charge is 2.01. The molecule has 0 radical (unpaired) electrons. The molecule has 2 aromatic heterocycles. The molecule has 0 saturated carbocycles. The number of anilines is 1. The number of hydrogen-bond donors (Lipinski definition) is 1. The van der Waals surface area contributed by atoms with Crippen molar-refractivity contribution in [1.29, 1.82) is 0 Å². The molecule has 5 heteroatoms. The van der Waals surface area contributed by atoms with E-state index in [9.17, 15) is 0 Å². The van der Waals surface area contributed by atoms with Crippen molar-refractivity contribution in [3.05, 3.63) is 30.7 Å². The largest absolute Gasteiger partial charge is 0.368 e. The minimum atomic E-state index is 0.341. The van der Waals surface area contributed by atoms with Crippen molar-refractivity contribution in [2.24, 2.45) is 0 Å². The van der Waals surface area contributed by atoms with Crippen molar-refractivity contribution in [1.82, 2.24) is 19.7 Å². The zero-order chi connectivity index (χ0) is 8.39. The quantitative estimate of drug-likeness (QED) is 0.650. The van der Waals surface area contributed by atoms with Crippen LogP contribution in [0.1, 0.15) is 0 Å². The molecule has 0 atom stereocenters. The summed E-state index contributed by atoms with van der Waals surface area (Å²) in [5, 5.41) is 3.90. The first kappa shape index (κ1) is 6.78. The zero-order valence-electron chi connectivity index (χ0n) is 6.25. The summed E-state index contributed by atoms with van der Waals surface area (Å²) in [6.07, 6.45) is 3.07. The fraction of sp³-hybridized carbons (Fsp3) is 0. The van der Waals surface area contributed by atoms with Gasteiger partial charge in [0.25, 0.3) is 0 Å². The van der Waals surface area contributed by atoms with E-state index in [1.54, 1.807) is 6.20 Å². The van der Waals surface area contributed by atoms with Gasteiger partial charge in [-0.25, -0.2) is 4.98 Å². The molecule has 2 aromatic rings. The van der Waals surface area contributed by atoms with Crippen molar-refractivity contribution < 1.29 is 0 Å². The number of nitrogen functional groups attached to an aromatic ring is 1. The lowest BCUT2D eigenvalue weighted by Crippen LogP contribution is -2.03. The van der Waals surface area contributed by atoms with Gasteiger partial charge < -0.3 is 5.73 Å². The van der Waals surface area contributed by atoms with Crippen molar-refractivity contribution in [3.63, 3.8) is 0 Å². The molecular formula is C7H7N5. The monoisotopic (exact) mass is 161 g/mol. The van der Waals surface area contributed by atoms with Crippen molar-refractivity contribution >= 4 is 5.95 Å². The van der Waals surface area contributed by atoms with Crippen LogP contribution in [0.25, 0.3) is 5.82 Å². The van der Waals surface area contributed by atoms with E-state index in [1.165, 1.54) is 11.0 Å². The van der Waals surface area contributed by atoms with Crippen LogP contribution in [0.4, 0.5) is 5.95 Å². The van der Waals surface area contributed by atoms with E-state index in [4.69, 9.17) is 5.73 Å². The highest BCUT2D eigenvalue weighted by molar-refractivity contribution is 5.29. The van der Waals surface area contributed by atoms with Crippen LogP contribution in [-0.2, 0) is 0 Å². The second-order valence-electron chi connectivity index (χ2n) is 2.22. The van der Waals surface area contributed by atoms with E-state index in [2.05, 4.69) is 15.1 Å². The summed E-state index contributed by atoms with van der Waals surface area (Å²) in [5.74, 6) is 1.02. The first-order valence-electron chi connectivity index (χ1n) is 3.45. The van der Waals surface area contributed by atoms with Crippen LogP contribution in [0.15, 0.2) is 30.7 Å². The van der Waals surface area contributed by atoms with Crippen molar-refractivity contribution in [3.8, 4) is 5.82 Å². The minimum Gasteiger partial charge on any atom is -0.368 e. The van der Waals surface area contributed by atoms with Gasteiger partial charge in [0.15, 0.2) is 5.82 Å². The van der Waals surface area contributed by atoms with Gasteiger partial charge in [-0.1, -0.05) is 6.07 Å². The fourth-order valence-corrected chi connectivity index (χ4v) is 0.906. The Balaban J connectivity index is 2.51. The third-order valence-electron chi connectivity index (χ3n) is 1.44. The van der Waals surface area contributed by atoms with Crippen LogP contribution >= 0.6 is 0 Å². The highest BCUT2D eigenvalue weighted by Crippen LogP contribution is 2.04. The standard InChI is InChI=1S/C7H7N5/c8-7-10-5-11-12(7)6-3-1-2-4-9-6/h1-5H,(H2,8,10,11). The second-order valence-corrected chi connectivity index (χ2v) is 2.22. The van der Waals surface area contributed by atoms with E-state index < -0.39 is 0 Å². The van der Waals surface area contributed by atoms with E-state index >= 15 is 0 Å². The number of pyridine rings is 1. The first-order valence-corrected chi connectivity index (χ1v) is 3.45. The summed E-state index contributed by atoms with van der Waals surface area (Å²) in [6.45, 7) is 0. The minimum absolute atomic E-state index is 0.341. The summed E-state index contributed by atoms with van der Waals surface area (Å²) < 4.78 is 1.47. The van der Waals surface area contributed by atoms with E-state index in [-0.39, 0.29) is 0 Å². The maximum absolute atomic E-state index is 5.52. The molecule has 0 spiro atoms.